The van der Waals surface area contributed by atoms with Gasteiger partial charge in [-0.3, -0.25) is 9.35 Å². The highest BCUT2D eigenvalue weighted by Crippen LogP contribution is 2.50. The summed E-state index contributed by atoms with van der Waals surface area (Å²) >= 11 is 0. The molecule has 0 aliphatic heterocycles. The van der Waals surface area contributed by atoms with Crippen molar-refractivity contribution in [3.63, 3.8) is 0 Å². The van der Waals surface area contributed by atoms with Gasteiger partial charge in [-0.1, -0.05) is 29.4 Å². The molecule has 0 amide bonds. The van der Waals surface area contributed by atoms with Crippen molar-refractivity contribution in [1.82, 2.24) is 0 Å². The van der Waals surface area contributed by atoms with Crippen LogP contribution in [0, 0.1) is 17.8 Å². The molecular weight excluding hydrogens is 393 g/mol. The Balaban J connectivity index is 1.58. The van der Waals surface area contributed by atoms with Gasteiger partial charge in [-0.05, 0) is 36.7 Å². The lowest BCUT2D eigenvalue weighted by atomic mass is 9.77. The van der Waals surface area contributed by atoms with E-state index in [1.807, 2.05) is 29.6 Å². The van der Waals surface area contributed by atoms with Gasteiger partial charge < -0.3 is 9.47 Å². The Hall–Kier alpha value is -1.74. The molecule has 0 radical (unpaired) electrons. The van der Waals surface area contributed by atoms with Crippen molar-refractivity contribution in [2.45, 2.75) is 31.7 Å². The monoisotopic (exact) mass is 418 g/mol. The predicted molar refractivity (Wildman–Crippen MR) is 116 cm³/mol. The zero-order chi connectivity index (χ0) is 21.3. The maximum absolute atomic E-state index is 12.8. The van der Waals surface area contributed by atoms with Crippen LogP contribution in [0.2, 0.25) is 0 Å². The van der Waals surface area contributed by atoms with Gasteiger partial charge in [-0.25, -0.2) is 4.79 Å². The number of hydrogen-bond acceptors (Lipinski definition) is 6. The highest BCUT2D eigenvalue weighted by molar-refractivity contribution is 7.85. The predicted octanol–water partition coefficient (Wildman–Crippen LogP) is -2.66. The molecule has 1 aromatic carbocycles. The Morgan fingerprint density at radius 3 is 2.45 bits per heavy atom. The normalized spacial score (nSPS) is 25.7. The van der Waals surface area contributed by atoms with Gasteiger partial charge >= 0.3 is 11.9 Å². The fourth-order valence-electron chi connectivity index (χ4n) is 4.86. The summed E-state index contributed by atoms with van der Waals surface area (Å²) in [5.74, 6) is -1.47. The van der Waals surface area contributed by atoms with Crippen molar-refractivity contribution in [2.24, 2.45) is 17.8 Å². The SMILES string of the molecule is BCc1c(B)cc(B)cc1C(=O)OC1CC2CC1CC2C(=O)OCCS(=O)(=O)O. The van der Waals surface area contributed by atoms with Gasteiger partial charge in [-0.15, -0.1) is 0 Å². The van der Waals surface area contributed by atoms with Crippen molar-refractivity contribution in [2.75, 3.05) is 12.4 Å². The summed E-state index contributed by atoms with van der Waals surface area (Å²) in [6, 6.07) is 3.93. The Bertz CT molecular complexity index is 918. The zero-order valence-corrected chi connectivity index (χ0v) is 17.8. The largest absolute Gasteiger partial charge is 0.464 e. The molecule has 0 saturated heterocycles. The molecule has 1 N–H and O–H groups in total. The second-order valence-corrected chi connectivity index (χ2v) is 9.76. The lowest BCUT2D eigenvalue weighted by Gasteiger charge is -2.27. The average Bonchev–Trinajstić information content (AvgIpc) is 3.20. The summed E-state index contributed by atoms with van der Waals surface area (Å²) in [6.45, 7) is -0.351. The maximum atomic E-state index is 12.8. The van der Waals surface area contributed by atoms with Crippen molar-refractivity contribution in [1.29, 1.82) is 0 Å². The van der Waals surface area contributed by atoms with Crippen LogP contribution >= 0.6 is 0 Å². The zero-order valence-electron chi connectivity index (χ0n) is 17.0. The molecular formula is C18H25B3O7S. The maximum Gasteiger partial charge on any atom is 0.338 e. The first-order chi connectivity index (χ1) is 13.6. The standard InChI is InChI=1S/C18H25B3O7S/c19-8-14-13(6-11(20)7-15(14)21)18(23)28-16-5-9-3-10(16)4-12(9)17(22)27-1-2-29(24,25)26/h6-7,9-10,12,16H,1-5,8,19-21H2,(H,24,25,26). The first kappa shape index (κ1) is 22.0. The van der Waals surface area contributed by atoms with E-state index in [2.05, 4.69) is 6.07 Å². The average molecular weight is 418 g/mol. The van der Waals surface area contributed by atoms with E-state index in [-0.39, 0.29) is 36.4 Å². The van der Waals surface area contributed by atoms with Crippen LogP contribution in [0.5, 0.6) is 0 Å². The van der Waals surface area contributed by atoms with E-state index in [9.17, 15) is 18.0 Å². The first-order valence-corrected chi connectivity index (χ1v) is 11.6. The molecule has 0 spiro atoms. The van der Waals surface area contributed by atoms with E-state index < -0.39 is 21.8 Å². The molecule has 1 aromatic rings. The number of esters is 2. The molecule has 154 valence electrons. The van der Waals surface area contributed by atoms with Gasteiger partial charge in [0.25, 0.3) is 10.1 Å². The summed E-state index contributed by atoms with van der Waals surface area (Å²) in [5, 5.41) is 0. The van der Waals surface area contributed by atoms with Gasteiger partial charge in [0.1, 0.15) is 42.0 Å². The number of hydrogen-bond donors (Lipinski definition) is 1. The smallest absolute Gasteiger partial charge is 0.338 e. The van der Waals surface area contributed by atoms with E-state index in [0.717, 1.165) is 29.2 Å². The van der Waals surface area contributed by atoms with Gasteiger partial charge in [0.2, 0.25) is 0 Å². The molecule has 4 unspecified atom stereocenters. The first-order valence-electron chi connectivity index (χ1n) is 10.0. The summed E-state index contributed by atoms with van der Waals surface area (Å²) in [5.41, 5.74) is 3.73. The third-order valence-electron chi connectivity index (χ3n) is 6.13. The molecule has 0 aromatic heterocycles. The third kappa shape index (κ3) is 5.06. The van der Waals surface area contributed by atoms with Gasteiger partial charge in [-0.2, -0.15) is 8.42 Å². The van der Waals surface area contributed by atoms with E-state index in [1.54, 1.807) is 0 Å². The number of rotatable bonds is 7. The number of ether oxygens (including phenoxy) is 2. The topological polar surface area (TPSA) is 107 Å². The number of fused-ring (bicyclic) bond motifs is 2. The molecule has 29 heavy (non-hydrogen) atoms. The highest BCUT2D eigenvalue weighted by Gasteiger charge is 2.50. The van der Waals surface area contributed by atoms with Crippen molar-refractivity contribution >= 4 is 56.5 Å². The molecule has 3 rings (SSSR count). The van der Waals surface area contributed by atoms with Gasteiger partial charge in [0, 0.05) is 0 Å². The van der Waals surface area contributed by atoms with E-state index in [0.29, 0.717) is 18.4 Å². The highest BCUT2D eigenvalue weighted by atomic mass is 32.2. The van der Waals surface area contributed by atoms with E-state index in [4.69, 9.17) is 14.0 Å². The van der Waals surface area contributed by atoms with Crippen LogP contribution in [-0.2, 0) is 30.7 Å². The Kier molecular flexibility index (Phi) is 6.48. The van der Waals surface area contributed by atoms with Crippen molar-refractivity contribution in [3.05, 3.63) is 23.3 Å². The van der Waals surface area contributed by atoms with Crippen molar-refractivity contribution in [3.8, 4) is 0 Å². The summed E-state index contributed by atoms with van der Waals surface area (Å²) < 4.78 is 41.0. The number of benzene rings is 1. The summed E-state index contributed by atoms with van der Waals surface area (Å²) in [4.78, 5) is 25.0. The van der Waals surface area contributed by atoms with E-state index >= 15 is 0 Å². The third-order valence-corrected chi connectivity index (χ3v) is 6.81. The van der Waals surface area contributed by atoms with Crippen LogP contribution in [0.15, 0.2) is 12.1 Å². The quantitative estimate of drug-likeness (QED) is 0.293. The Morgan fingerprint density at radius 2 is 1.86 bits per heavy atom. The molecule has 11 heteroatoms. The molecule has 2 saturated carbocycles. The number of carbonyl (C=O) groups is 2. The lowest BCUT2D eigenvalue weighted by molar-refractivity contribution is -0.150. The van der Waals surface area contributed by atoms with Gasteiger partial charge in [0.15, 0.2) is 0 Å². The summed E-state index contributed by atoms with van der Waals surface area (Å²) in [6.07, 6.45) is 2.52. The molecule has 0 heterocycles. The van der Waals surface area contributed by atoms with Crippen LogP contribution in [0.1, 0.15) is 35.2 Å². The van der Waals surface area contributed by atoms with Crippen LogP contribution < -0.4 is 10.9 Å². The molecule has 7 nitrogen and oxygen atoms in total. The molecule has 2 bridgehead atoms. The molecule has 4 atom stereocenters. The van der Waals surface area contributed by atoms with Crippen molar-refractivity contribution < 1.29 is 32.0 Å². The van der Waals surface area contributed by atoms with Crippen LogP contribution in [0.25, 0.3) is 0 Å². The molecule has 2 aliphatic rings. The fourth-order valence-corrected chi connectivity index (χ4v) is 5.15. The number of carbonyl (C=O) groups excluding carboxylic acids is 2. The lowest BCUT2D eigenvalue weighted by Crippen LogP contribution is -2.33. The minimum Gasteiger partial charge on any atom is -0.464 e. The van der Waals surface area contributed by atoms with Crippen LogP contribution in [-0.4, -0.2) is 66.9 Å². The van der Waals surface area contributed by atoms with Crippen LogP contribution in [0.3, 0.4) is 0 Å². The van der Waals surface area contributed by atoms with Gasteiger partial charge in [0.05, 0.1) is 11.5 Å². The summed E-state index contributed by atoms with van der Waals surface area (Å²) in [7, 11) is 1.82. The second-order valence-electron chi connectivity index (χ2n) is 8.19. The van der Waals surface area contributed by atoms with E-state index in [1.165, 1.54) is 0 Å². The molecule has 2 fully saturated rings. The van der Waals surface area contributed by atoms with Crippen LogP contribution in [0.4, 0.5) is 0 Å². The minimum atomic E-state index is -4.15. The second kappa shape index (κ2) is 8.56. The Labute approximate surface area is 173 Å². The molecule has 2 aliphatic carbocycles. The fraction of sp³-hybridized carbons (Fsp3) is 0.556. The Morgan fingerprint density at radius 1 is 1.14 bits per heavy atom. The minimum absolute atomic E-state index is 0.0703.